The van der Waals surface area contributed by atoms with Crippen LogP contribution in [0.1, 0.15) is 38.5 Å². The molecule has 1 unspecified atom stereocenters. The van der Waals surface area contributed by atoms with Gasteiger partial charge >= 0.3 is 0 Å². The molecule has 1 aliphatic carbocycles. The van der Waals surface area contributed by atoms with E-state index in [9.17, 15) is 5.11 Å². The van der Waals surface area contributed by atoms with Gasteiger partial charge in [-0.3, -0.25) is 0 Å². The van der Waals surface area contributed by atoms with Crippen LogP contribution >= 0.6 is 0 Å². The molecular weight excluding hydrogens is 176 g/mol. The summed E-state index contributed by atoms with van der Waals surface area (Å²) in [6.45, 7) is 1.76. The highest BCUT2D eigenvalue weighted by molar-refractivity contribution is 5.05. The lowest BCUT2D eigenvalue weighted by Gasteiger charge is -2.33. The van der Waals surface area contributed by atoms with Crippen LogP contribution in [0.2, 0.25) is 0 Å². The van der Waals surface area contributed by atoms with Crippen molar-refractivity contribution in [3.63, 3.8) is 0 Å². The van der Waals surface area contributed by atoms with Gasteiger partial charge in [0.1, 0.15) is 0 Å². The van der Waals surface area contributed by atoms with Crippen molar-refractivity contribution in [2.24, 2.45) is 5.92 Å². The van der Waals surface area contributed by atoms with Crippen molar-refractivity contribution in [1.82, 2.24) is 0 Å². The number of ether oxygens (including phenoxy) is 1. The highest BCUT2D eigenvalue weighted by Crippen LogP contribution is 2.32. The lowest BCUT2D eigenvalue weighted by atomic mass is 9.80. The largest absolute Gasteiger partial charge is 0.386 e. The molecule has 1 fully saturated rings. The number of hydrogen-bond donors (Lipinski definition) is 1. The van der Waals surface area contributed by atoms with Crippen LogP contribution in [0.4, 0.5) is 0 Å². The van der Waals surface area contributed by atoms with Crippen LogP contribution in [-0.2, 0) is 4.74 Å². The molecule has 1 atom stereocenters. The Labute approximate surface area is 86.0 Å². The molecule has 14 heavy (non-hydrogen) atoms. The van der Waals surface area contributed by atoms with E-state index in [1.54, 1.807) is 0 Å². The smallest absolute Gasteiger partial charge is 0.0830 e. The van der Waals surface area contributed by atoms with Crippen molar-refractivity contribution in [3.8, 4) is 0 Å². The average Bonchev–Trinajstić information content (AvgIpc) is 2.19. The first-order chi connectivity index (χ1) is 6.79. The van der Waals surface area contributed by atoms with Gasteiger partial charge in [0.15, 0.2) is 0 Å². The van der Waals surface area contributed by atoms with Crippen molar-refractivity contribution in [1.29, 1.82) is 0 Å². The van der Waals surface area contributed by atoms with Crippen LogP contribution in [-0.4, -0.2) is 23.9 Å². The van der Waals surface area contributed by atoms with Crippen LogP contribution in [0, 0.1) is 5.92 Å². The fourth-order valence-electron chi connectivity index (χ4n) is 2.53. The molecule has 0 bridgehead atoms. The van der Waals surface area contributed by atoms with Gasteiger partial charge in [0, 0.05) is 13.2 Å². The Bertz CT molecular complexity index is 206. The number of hydrogen-bond acceptors (Lipinski definition) is 2. The molecule has 0 spiro atoms. The summed E-state index contributed by atoms with van der Waals surface area (Å²) in [6.07, 6.45) is 10.5. The molecule has 80 valence electrons. The molecule has 0 radical (unpaired) electrons. The molecule has 1 N–H and O–H groups in total. The van der Waals surface area contributed by atoms with E-state index in [0.29, 0.717) is 5.92 Å². The Morgan fingerprint density at radius 3 is 2.79 bits per heavy atom. The molecule has 2 aliphatic rings. The average molecular weight is 196 g/mol. The zero-order valence-corrected chi connectivity index (χ0v) is 8.74. The Hall–Kier alpha value is -0.340. The second-order valence-corrected chi connectivity index (χ2v) is 4.66. The number of aliphatic hydroxyl groups is 1. The van der Waals surface area contributed by atoms with Crippen molar-refractivity contribution >= 4 is 0 Å². The maximum atomic E-state index is 10.3. The molecule has 0 amide bonds. The minimum Gasteiger partial charge on any atom is -0.386 e. The molecule has 1 heterocycles. The number of allylic oxidation sites excluding steroid dienone is 1. The van der Waals surface area contributed by atoms with Crippen LogP contribution < -0.4 is 0 Å². The van der Waals surface area contributed by atoms with Gasteiger partial charge < -0.3 is 9.84 Å². The van der Waals surface area contributed by atoms with Gasteiger partial charge in [-0.25, -0.2) is 0 Å². The normalized spacial score (nSPS) is 34.6. The Morgan fingerprint density at radius 1 is 1.36 bits per heavy atom. The van der Waals surface area contributed by atoms with E-state index >= 15 is 0 Å². The van der Waals surface area contributed by atoms with Gasteiger partial charge in [0.2, 0.25) is 0 Å². The van der Waals surface area contributed by atoms with Crippen molar-refractivity contribution < 1.29 is 9.84 Å². The fraction of sp³-hybridized carbons (Fsp3) is 0.833. The van der Waals surface area contributed by atoms with Gasteiger partial charge in [0.25, 0.3) is 0 Å². The van der Waals surface area contributed by atoms with E-state index < -0.39 is 5.60 Å². The minimum absolute atomic E-state index is 0.500. The first-order valence-electron chi connectivity index (χ1n) is 5.76. The van der Waals surface area contributed by atoms with E-state index in [-0.39, 0.29) is 0 Å². The second-order valence-electron chi connectivity index (χ2n) is 4.66. The monoisotopic (exact) mass is 196 g/mol. The summed E-state index contributed by atoms with van der Waals surface area (Å²) in [5.41, 5.74) is -0.500. The summed E-state index contributed by atoms with van der Waals surface area (Å²) >= 11 is 0. The van der Waals surface area contributed by atoms with E-state index in [0.717, 1.165) is 51.7 Å². The van der Waals surface area contributed by atoms with Gasteiger partial charge in [0.05, 0.1) is 5.60 Å². The summed E-state index contributed by atoms with van der Waals surface area (Å²) in [4.78, 5) is 0. The van der Waals surface area contributed by atoms with E-state index in [1.165, 1.54) is 0 Å². The lowest BCUT2D eigenvalue weighted by molar-refractivity contribution is 0.00931. The third kappa shape index (κ3) is 2.58. The molecule has 0 aromatic carbocycles. The highest BCUT2D eigenvalue weighted by Gasteiger charge is 2.29. The van der Waals surface area contributed by atoms with Gasteiger partial charge in [-0.15, -0.1) is 0 Å². The summed E-state index contributed by atoms with van der Waals surface area (Å²) in [5, 5.41) is 10.3. The van der Waals surface area contributed by atoms with Crippen LogP contribution in [0.5, 0.6) is 0 Å². The SMILES string of the molecule is OC1(CC2CCOCC2)C=CCCC1. The fourth-order valence-corrected chi connectivity index (χ4v) is 2.53. The summed E-state index contributed by atoms with van der Waals surface area (Å²) < 4.78 is 5.32. The molecular formula is C12H20O2. The molecule has 1 saturated heterocycles. The van der Waals surface area contributed by atoms with Gasteiger partial charge in [-0.05, 0) is 44.4 Å². The summed E-state index contributed by atoms with van der Waals surface area (Å²) in [6, 6.07) is 0. The Kier molecular flexibility index (Phi) is 3.24. The standard InChI is InChI=1S/C12H20O2/c13-12(6-2-1-3-7-12)10-11-4-8-14-9-5-11/h2,6,11,13H,1,3-5,7-10H2. The van der Waals surface area contributed by atoms with Crippen LogP contribution in [0.3, 0.4) is 0 Å². The van der Waals surface area contributed by atoms with Crippen molar-refractivity contribution in [2.45, 2.75) is 44.1 Å². The lowest BCUT2D eigenvalue weighted by Crippen LogP contribution is -2.32. The number of rotatable bonds is 2. The highest BCUT2D eigenvalue weighted by atomic mass is 16.5. The zero-order valence-electron chi connectivity index (χ0n) is 8.74. The first-order valence-corrected chi connectivity index (χ1v) is 5.76. The molecule has 2 heteroatoms. The first kappa shape index (κ1) is 10.2. The molecule has 0 aromatic rings. The van der Waals surface area contributed by atoms with E-state index in [2.05, 4.69) is 6.08 Å². The molecule has 2 nitrogen and oxygen atoms in total. The van der Waals surface area contributed by atoms with Gasteiger partial charge in [-0.2, -0.15) is 0 Å². The van der Waals surface area contributed by atoms with E-state index in [4.69, 9.17) is 4.74 Å². The quantitative estimate of drug-likeness (QED) is 0.686. The Morgan fingerprint density at radius 2 is 2.14 bits per heavy atom. The van der Waals surface area contributed by atoms with Crippen LogP contribution in [0.15, 0.2) is 12.2 Å². The van der Waals surface area contributed by atoms with Gasteiger partial charge in [-0.1, -0.05) is 12.2 Å². The third-order valence-corrected chi connectivity index (χ3v) is 3.39. The molecule has 0 saturated carbocycles. The predicted octanol–water partition coefficient (Wildman–Crippen LogP) is 2.27. The molecule has 1 aliphatic heterocycles. The summed E-state index contributed by atoms with van der Waals surface area (Å²) in [5.74, 6) is 0.663. The predicted molar refractivity (Wildman–Crippen MR) is 56.1 cm³/mol. The Balaban J connectivity index is 1.87. The van der Waals surface area contributed by atoms with Crippen LogP contribution in [0.25, 0.3) is 0 Å². The van der Waals surface area contributed by atoms with Crippen molar-refractivity contribution in [3.05, 3.63) is 12.2 Å². The molecule has 2 rings (SSSR count). The maximum absolute atomic E-state index is 10.3. The second kappa shape index (κ2) is 4.45. The third-order valence-electron chi connectivity index (χ3n) is 3.39. The summed E-state index contributed by atoms with van der Waals surface area (Å²) in [7, 11) is 0. The van der Waals surface area contributed by atoms with Crippen molar-refractivity contribution in [2.75, 3.05) is 13.2 Å². The zero-order chi connectivity index (χ0) is 9.86. The molecule has 0 aromatic heterocycles. The van der Waals surface area contributed by atoms with E-state index in [1.807, 2.05) is 6.08 Å². The minimum atomic E-state index is -0.500. The maximum Gasteiger partial charge on any atom is 0.0830 e. The topological polar surface area (TPSA) is 29.5 Å².